The molecular formula is C12H21N3O2. The second-order valence-corrected chi connectivity index (χ2v) is 4.61. The fourth-order valence-electron chi connectivity index (χ4n) is 2.39. The molecule has 5 heteroatoms. The van der Waals surface area contributed by atoms with Gasteiger partial charge in [0.1, 0.15) is 0 Å². The Labute approximate surface area is 102 Å². The Kier molecular flexibility index (Phi) is 4.53. The third-order valence-electron chi connectivity index (χ3n) is 3.36. The number of aliphatic hydroxyl groups excluding tert-OH is 1. The van der Waals surface area contributed by atoms with E-state index in [2.05, 4.69) is 15.1 Å². The van der Waals surface area contributed by atoms with E-state index in [-0.39, 0.29) is 6.61 Å². The average Bonchev–Trinajstić information content (AvgIpc) is 2.85. The second kappa shape index (κ2) is 6.14. The smallest absolute Gasteiger partial charge is 0.0847 e. The van der Waals surface area contributed by atoms with Gasteiger partial charge >= 0.3 is 0 Å². The molecule has 0 aromatic carbocycles. The molecule has 1 fully saturated rings. The first-order valence-corrected chi connectivity index (χ1v) is 6.20. The highest BCUT2D eigenvalue weighted by molar-refractivity contribution is 5.13. The fourth-order valence-corrected chi connectivity index (χ4v) is 2.39. The molecule has 2 rings (SSSR count). The van der Waals surface area contributed by atoms with E-state index in [0.29, 0.717) is 5.92 Å². The van der Waals surface area contributed by atoms with Gasteiger partial charge in [-0.1, -0.05) is 0 Å². The summed E-state index contributed by atoms with van der Waals surface area (Å²) in [6, 6.07) is 1.98. The van der Waals surface area contributed by atoms with Gasteiger partial charge in [0, 0.05) is 26.1 Å². The molecule has 1 unspecified atom stereocenters. The predicted molar refractivity (Wildman–Crippen MR) is 64.8 cm³/mol. The molecule has 0 radical (unpaired) electrons. The molecule has 1 aliphatic heterocycles. The number of methoxy groups -OCH3 is 1. The number of hydrogen-bond donors (Lipinski definition) is 2. The van der Waals surface area contributed by atoms with Crippen molar-refractivity contribution >= 4 is 0 Å². The van der Waals surface area contributed by atoms with Crippen LogP contribution in [0.4, 0.5) is 0 Å². The molecule has 0 spiro atoms. The molecule has 0 saturated carbocycles. The van der Waals surface area contributed by atoms with E-state index in [4.69, 9.17) is 9.84 Å². The first kappa shape index (κ1) is 12.5. The Hall–Kier alpha value is -0.910. The Morgan fingerprint density at radius 3 is 3.24 bits per heavy atom. The van der Waals surface area contributed by atoms with E-state index in [1.165, 1.54) is 12.8 Å². The summed E-state index contributed by atoms with van der Waals surface area (Å²) in [6.45, 7) is 4.00. The summed E-state index contributed by atoms with van der Waals surface area (Å²) in [4.78, 5) is 2.42. The maximum absolute atomic E-state index is 9.02. The highest BCUT2D eigenvalue weighted by Crippen LogP contribution is 2.25. The summed E-state index contributed by atoms with van der Waals surface area (Å²) in [6.07, 6.45) is 2.38. The molecule has 96 valence electrons. The van der Waals surface area contributed by atoms with Gasteiger partial charge in [0.15, 0.2) is 0 Å². The van der Waals surface area contributed by atoms with E-state index in [1.54, 1.807) is 7.11 Å². The van der Waals surface area contributed by atoms with Gasteiger partial charge < -0.3 is 14.7 Å². The third kappa shape index (κ3) is 3.28. The summed E-state index contributed by atoms with van der Waals surface area (Å²) < 4.78 is 5.11. The van der Waals surface area contributed by atoms with Crippen LogP contribution in [0.25, 0.3) is 0 Å². The lowest BCUT2D eigenvalue weighted by molar-refractivity contribution is 0.127. The lowest BCUT2D eigenvalue weighted by Gasteiger charge is -2.31. The van der Waals surface area contributed by atoms with Crippen molar-refractivity contribution in [2.75, 3.05) is 33.4 Å². The number of aliphatic hydroxyl groups is 1. The van der Waals surface area contributed by atoms with Gasteiger partial charge in [-0.25, -0.2) is 0 Å². The molecule has 1 atom stereocenters. The van der Waals surface area contributed by atoms with E-state index in [1.807, 2.05) is 6.07 Å². The van der Waals surface area contributed by atoms with Gasteiger partial charge in [0.05, 0.1) is 24.6 Å². The number of nitrogens with zero attached hydrogens (tertiary/aromatic N) is 2. The van der Waals surface area contributed by atoms with Crippen LogP contribution in [-0.2, 0) is 11.3 Å². The molecule has 0 bridgehead atoms. The number of aromatic nitrogens is 2. The lowest BCUT2D eigenvalue weighted by Crippen LogP contribution is -2.36. The first-order chi connectivity index (χ1) is 8.33. The zero-order chi connectivity index (χ0) is 12.1. The topological polar surface area (TPSA) is 61.4 Å². The first-order valence-electron chi connectivity index (χ1n) is 6.20. The molecule has 1 aliphatic rings. The van der Waals surface area contributed by atoms with Crippen LogP contribution < -0.4 is 0 Å². The molecule has 1 saturated heterocycles. The molecule has 0 amide bonds. The minimum Gasteiger partial charge on any atom is -0.390 e. The lowest BCUT2D eigenvalue weighted by atomic mass is 9.95. The monoisotopic (exact) mass is 239 g/mol. The Morgan fingerprint density at radius 2 is 2.53 bits per heavy atom. The quantitative estimate of drug-likeness (QED) is 0.795. The zero-order valence-corrected chi connectivity index (χ0v) is 10.4. The Bertz CT molecular complexity index is 340. The van der Waals surface area contributed by atoms with Crippen LogP contribution in [-0.4, -0.2) is 53.6 Å². The van der Waals surface area contributed by atoms with Crippen molar-refractivity contribution in [1.82, 2.24) is 15.1 Å². The molecule has 5 nitrogen and oxygen atoms in total. The van der Waals surface area contributed by atoms with Crippen LogP contribution in [0.3, 0.4) is 0 Å². The van der Waals surface area contributed by atoms with E-state index >= 15 is 0 Å². The van der Waals surface area contributed by atoms with Crippen molar-refractivity contribution in [3.8, 4) is 0 Å². The molecule has 1 aromatic rings. The zero-order valence-electron chi connectivity index (χ0n) is 10.4. The van der Waals surface area contributed by atoms with Crippen molar-refractivity contribution in [3.05, 3.63) is 17.5 Å². The third-order valence-corrected chi connectivity index (χ3v) is 3.36. The number of aromatic amines is 1. The summed E-state index contributed by atoms with van der Waals surface area (Å²) in [5.74, 6) is 0.483. The minimum atomic E-state index is 0.0348. The summed E-state index contributed by atoms with van der Waals surface area (Å²) in [5.41, 5.74) is 1.88. The van der Waals surface area contributed by atoms with Gasteiger partial charge in [0.25, 0.3) is 0 Å². The van der Waals surface area contributed by atoms with Gasteiger partial charge in [-0.05, 0) is 25.5 Å². The number of ether oxygens (including phenoxy) is 1. The average molecular weight is 239 g/mol. The number of likely N-dealkylation sites (tertiary alicyclic amines) is 1. The molecule has 1 aromatic heterocycles. The predicted octanol–water partition coefficient (Wildman–Crippen LogP) is 0.728. The van der Waals surface area contributed by atoms with Crippen molar-refractivity contribution in [2.24, 2.45) is 0 Å². The van der Waals surface area contributed by atoms with Crippen LogP contribution in [0.5, 0.6) is 0 Å². The van der Waals surface area contributed by atoms with E-state index in [9.17, 15) is 0 Å². The maximum atomic E-state index is 9.02. The number of H-pyrrole nitrogens is 1. The minimum absolute atomic E-state index is 0.0348. The highest BCUT2D eigenvalue weighted by atomic mass is 16.5. The van der Waals surface area contributed by atoms with Crippen LogP contribution in [0.2, 0.25) is 0 Å². The number of piperidine rings is 1. The Balaban J connectivity index is 1.92. The normalized spacial score (nSPS) is 21.9. The van der Waals surface area contributed by atoms with Gasteiger partial charge in [0.2, 0.25) is 0 Å². The summed E-state index contributed by atoms with van der Waals surface area (Å²) >= 11 is 0. The van der Waals surface area contributed by atoms with Crippen LogP contribution in [0.1, 0.15) is 30.1 Å². The summed E-state index contributed by atoms with van der Waals surface area (Å²) in [5, 5.41) is 16.2. The van der Waals surface area contributed by atoms with Crippen molar-refractivity contribution in [3.63, 3.8) is 0 Å². The van der Waals surface area contributed by atoms with E-state index < -0.39 is 0 Å². The fraction of sp³-hybridized carbons (Fsp3) is 0.750. The Morgan fingerprint density at radius 1 is 1.65 bits per heavy atom. The van der Waals surface area contributed by atoms with Gasteiger partial charge in [-0.3, -0.25) is 5.10 Å². The standard InChI is InChI=1S/C12H21N3O2/c1-17-6-5-15-4-2-3-10(8-15)12-7-11(9-16)13-14-12/h7,10,16H,2-6,8-9H2,1H3,(H,13,14). The van der Waals surface area contributed by atoms with Crippen molar-refractivity contribution in [2.45, 2.75) is 25.4 Å². The molecule has 2 N–H and O–H groups in total. The van der Waals surface area contributed by atoms with Gasteiger partial charge in [-0.15, -0.1) is 0 Å². The van der Waals surface area contributed by atoms with Crippen LogP contribution in [0.15, 0.2) is 6.07 Å². The SMILES string of the molecule is COCCN1CCCC(c2cc(CO)[nH]n2)C1. The number of hydrogen-bond acceptors (Lipinski definition) is 4. The van der Waals surface area contributed by atoms with Crippen LogP contribution in [0, 0.1) is 0 Å². The van der Waals surface area contributed by atoms with Crippen molar-refractivity contribution < 1.29 is 9.84 Å². The highest BCUT2D eigenvalue weighted by Gasteiger charge is 2.22. The van der Waals surface area contributed by atoms with Crippen molar-refractivity contribution in [1.29, 1.82) is 0 Å². The van der Waals surface area contributed by atoms with E-state index in [0.717, 1.165) is 37.6 Å². The molecular weight excluding hydrogens is 218 g/mol. The number of rotatable bonds is 5. The molecule has 17 heavy (non-hydrogen) atoms. The maximum Gasteiger partial charge on any atom is 0.0847 e. The molecule has 2 heterocycles. The van der Waals surface area contributed by atoms with Crippen LogP contribution >= 0.6 is 0 Å². The second-order valence-electron chi connectivity index (χ2n) is 4.61. The largest absolute Gasteiger partial charge is 0.390 e. The summed E-state index contributed by atoms with van der Waals surface area (Å²) in [7, 11) is 1.74. The number of nitrogens with one attached hydrogen (secondary N) is 1. The van der Waals surface area contributed by atoms with Gasteiger partial charge in [-0.2, -0.15) is 5.10 Å². The molecule has 0 aliphatic carbocycles.